The lowest BCUT2D eigenvalue weighted by Crippen LogP contribution is -2.21. The summed E-state index contributed by atoms with van der Waals surface area (Å²) >= 11 is 0. The third-order valence-electron chi connectivity index (χ3n) is 3.95. The minimum Gasteiger partial charge on any atom is -0.508 e. The van der Waals surface area contributed by atoms with E-state index in [9.17, 15) is 15.0 Å². The Bertz CT molecular complexity index is 959. The summed E-state index contributed by atoms with van der Waals surface area (Å²) in [5, 5.41) is 25.5. The molecule has 0 aliphatic heterocycles. The van der Waals surface area contributed by atoms with Gasteiger partial charge < -0.3 is 10.2 Å². The van der Waals surface area contributed by atoms with Crippen LogP contribution in [-0.2, 0) is 11.2 Å². The molecule has 3 aromatic rings. The standard InChI is InChI=1S/C20H18N2O3/c1-13(18-12-16(23)9-10-19(18)24)21-22-20(25)11-15-7-4-6-14-5-2-3-8-17(14)15/h2-10,12,23-24H,11H2,1H3,(H,22,25)/b21-13-. The van der Waals surface area contributed by atoms with E-state index in [1.54, 1.807) is 6.92 Å². The molecule has 5 nitrogen and oxygen atoms in total. The molecule has 0 heterocycles. The van der Waals surface area contributed by atoms with Crippen molar-refractivity contribution in [1.82, 2.24) is 5.43 Å². The molecule has 3 N–H and O–H groups in total. The number of carbonyl (C=O) groups excluding carboxylic acids is 1. The van der Waals surface area contributed by atoms with Crippen LogP contribution in [0.15, 0.2) is 65.8 Å². The van der Waals surface area contributed by atoms with Crippen molar-refractivity contribution in [2.45, 2.75) is 13.3 Å². The van der Waals surface area contributed by atoms with Crippen LogP contribution in [0.3, 0.4) is 0 Å². The molecule has 0 saturated carbocycles. The fourth-order valence-corrected chi connectivity index (χ4v) is 2.68. The molecule has 126 valence electrons. The highest BCUT2D eigenvalue weighted by Crippen LogP contribution is 2.22. The maximum absolute atomic E-state index is 12.2. The van der Waals surface area contributed by atoms with Gasteiger partial charge in [0, 0.05) is 5.56 Å². The molecule has 0 saturated heterocycles. The molecular formula is C20H18N2O3. The van der Waals surface area contributed by atoms with Gasteiger partial charge in [0.25, 0.3) is 0 Å². The second kappa shape index (κ2) is 7.05. The quantitative estimate of drug-likeness (QED) is 0.389. The molecule has 3 aromatic carbocycles. The number of rotatable bonds is 4. The first-order valence-electron chi connectivity index (χ1n) is 7.87. The molecular weight excluding hydrogens is 316 g/mol. The number of carbonyl (C=O) groups is 1. The summed E-state index contributed by atoms with van der Waals surface area (Å²) in [6.07, 6.45) is 0.199. The van der Waals surface area contributed by atoms with Gasteiger partial charge in [-0.1, -0.05) is 42.5 Å². The largest absolute Gasteiger partial charge is 0.508 e. The zero-order valence-electron chi connectivity index (χ0n) is 13.7. The molecule has 0 fully saturated rings. The zero-order valence-corrected chi connectivity index (χ0v) is 13.7. The molecule has 0 aliphatic rings. The Labute approximate surface area is 145 Å². The Morgan fingerprint density at radius 3 is 2.64 bits per heavy atom. The topological polar surface area (TPSA) is 81.9 Å². The van der Waals surface area contributed by atoms with Gasteiger partial charge in [-0.2, -0.15) is 5.10 Å². The summed E-state index contributed by atoms with van der Waals surface area (Å²) in [6, 6.07) is 17.9. The lowest BCUT2D eigenvalue weighted by Gasteiger charge is -2.07. The van der Waals surface area contributed by atoms with Crippen LogP contribution >= 0.6 is 0 Å². The van der Waals surface area contributed by atoms with Crippen LogP contribution in [0.5, 0.6) is 11.5 Å². The number of aromatic hydroxyl groups is 2. The van der Waals surface area contributed by atoms with Crippen molar-refractivity contribution in [3.05, 3.63) is 71.8 Å². The third kappa shape index (κ3) is 3.77. The molecule has 0 bridgehead atoms. The maximum Gasteiger partial charge on any atom is 0.244 e. The summed E-state index contributed by atoms with van der Waals surface area (Å²) in [6.45, 7) is 1.65. The number of phenolic OH excluding ortho intramolecular Hbond substituents is 2. The van der Waals surface area contributed by atoms with Crippen molar-refractivity contribution in [2.75, 3.05) is 0 Å². The van der Waals surface area contributed by atoms with E-state index in [4.69, 9.17) is 0 Å². The van der Waals surface area contributed by atoms with E-state index in [2.05, 4.69) is 10.5 Å². The fraction of sp³-hybridized carbons (Fsp3) is 0.100. The van der Waals surface area contributed by atoms with Crippen molar-refractivity contribution in [2.24, 2.45) is 5.10 Å². The number of benzene rings is 3. The molecule has 0 aromatic heterocycles. The van der Waals surface area contributed by atoms with Crippen LogP contribution in [0, 0.1) is 0 Å². The fourth-order valence-electron chi connectivity index (χ4n) is 2.68. The first-order valence-corrected chi connectivity index (χ1v) is 7.87. The van der Waals surface area contributed by atoms with Crippen molar-refractivity contribution in [3.63, 3.8) is 0 Å². The van der Waals surface area contributed by atoms with Gasteiger partial charge in [0.2, 0.25) is 5.91 Å². The molecule has 0 spiro atoms. The molecule has 1 amide bonds. The molecule has 0 aliphatic carbocycles. The van der Waals surface area contributed by atoms with E-state index in [0.717, 1.165) is 16.3 Å². The number of fused-ring (bicyclic) bond motifs is 1. The number of nitrogens with zero attached hydrogens (tertiary/aromatic N) is 1. The Balaban J connectivity index is 1.75. The molecule has 0 unspecified atom stereocenters. The van der Waals surface area contributed by atoms with Crippen LogP contribution < -0.4 is 5.43 Å². The number of hydrogen-bond acceptors (Lipinski definition) is 4. The van der Waals surface area contributed by atoms with E-state index < -0.39 is 0 Å². The normalized spacial score (nSPS) is 11.5. The number of amides is 1. The molecule has 25 heavy (non-hydrogen) atoms. The highest BCUT2D eigenvalue weighted by Gasteiger charge is 2.09. The van der Waals surface area contributed by atoms with Crippen molar-refractivity contribution in [3.8, 4) is 11.5 Å². The van der Waals surface area contributed by atoms with E-state index in [1.165, 1.54) is 18.2 Å². The SMILES string of the molecule is C/C(=N/NC(=O)Cc1cccc2ccccc12)c1cc(O)ccc1O. The lowest BCUT2D eigenvalue weighted by molar-refractivity contribution is -0.120. The predicted molar refractivity (Wildman–Crippen MR) is 97.8 cm³/mol. The summed E-state index contributed by atoms with van der Waals surface area (Å²) in [7, 11) is 0. The van der Waals surface area contributed by atoms with Crippen molar-refractivity contribution < 1.29 is 15.0 Å². The van der Waals surface area contributed by atoms with Crippen molar-refractivity contribution >= 4 is 22.4 Å². The third-order valence-corrected chi connectivity index (χ3v) is 3.95. The van der Waals surface area contributed by atoms with E-state index in [1.807, 2.05) is 42.5 Å². The van der Waals surface area contributed by atoms with Gasteiger partial charge in [-0.25, -0.2) is 5.43 Å². The van der Waals surface area contributed by atoms with Gasteiger partial charge in [0.1, 0.15) is 11.5 Å². The van der Waals surface area contributed by atoms with Crippen LogP contribution in [0.4, 0.5) is 0 Å². The molecule has 3 rings (SSSR count). The summed E-state index contributed by atoms with van der Waals surface area (Å²) in [5.74, 6) is -0.248. The highest BCUT2D eigenvalue weighted by atomic mass is 16.3. The van der Waals surface area contributed by atoms with Gasteiger partial charge >= 0.3 is 0 Å². The van der Waals surface area contributed by atoms with Gasteiger partial charge in [-0.15, -0.1) is 0 Å². The smallest absolute Gasteiger partial charge is 0.244 e. The number of nitrogens with one attached hydrogen (secondary N) is 1. The van der Waals surface area contributed by atoms with Gasteiger partial charge in [-0.05, 0) is 41.5 Å². The maximum atomic E-state index is 12.2. The molecule has 0 radical (unpaired) electrons. The summed E-state index contributed by atoms with van der Waals surface area (Å²) < 4.78 is 0. The van der Waals surface area contributed by atoms with E-state index >= 15 is 0 Å². The summed E-state index contributed by atoms with van der Waals surface area (Å²) in [4.78, 5) is 12.2. The van der Waals surface area contributed by atoms with Crippen LogP contribution in [0.2, 0.25) is 0 Å². The minimum atomic E-state index is -0.254. The van der Waals surface area contributed by atoms with Crippen LogP contribution in [0.25, 0.3) is 10.8 Å². The Morgan fingerprint density at radius 1 is 1.04 bits per heavy atom. The minimum absolute atomic E-state index is 0.0117. The Hall–Kier alpha value is -3.34. The number of hydrogen-bond donors (Lipinski definition) is 3. The van der Waals surface area contributed by atoms with Gasteiger partial charge in [-0.3, -0.25) is 4.79 Å². The highest BCUT2D eigenvalue weighted by molar-refractivity contribution is 6.02. The lowest BCUT2D eigenvalue weighted by atomic mass is 10.0. The Morgan fingerprint density at radius 2 is 1.80 bits per heavy atom. The number of phenols is 2. The van der Waals surface area contributed by atoms with Crippen molar-refractivity contribution in [1.29, 1.82) is 0 Å². The predicted octanol–water partition coefficient (Wildman–Crippen LogP) is 3.33. The van der Waals surface area contributed by atoms with Crippen LogP contribution in [0.1, 0.15) is 18.1 Å². The van der Waals surface area contributed by atoms with Gasteiger partial charge in [0.05, 0.1) is 12.1 Å². The van der Waals surface area contributed by atoms with E-state index in [0.29, 0.717) is 11.3 Å². The zero-order chi connectivity index (χ0) is 17.8. The first-order chi connectivity index (χ1) is 12.0. The average molecular weight is 334 g/mol. The second-order valence-corrected chi connectivity index (χ2v) is 5.75. The van der Waals surface area contributed by atoms with Crippen LogP contribution in [-0.4, -0.2) is 21.8 Å². The average Bonchev–Trinajstić information content (AvgIpc) is 2.62. The first kappa shape index (κ1) is 16.5. The summed E-state index contributed by atoms with van der Waals surface area (Å²) in [5.41, 5.74) is 4.19. The Kier molecular flexibility index (Phi) is 4.66. The van der Waals surface area contributed by atoms with Gasteiger partial charge in [0.15, 0.2) is 0 Å². The molecule has 0 atom stereocenters. The van der Waals surface area contributed by atoms with E-state index in [-0.39, 0.29) is 23.8 Å². The monoisotopic (exact) mass is 334 g/mol. The number of hydrazone groups is 1. The second-order valence-electron chi connectivity index (χ2n) is 5.75. The molecule has 5 heteroatoms.